The average molecular weight is 272 g/mol. The lowest BCUT2D eigenvalue weighted by Gasteiger charge is -2.14. The molecular formula is C12H8N4O4. The molecule has 0 unspecified atom stereocenters. The normalized spacial score (nSPS) is 10.8. The smallest absolute Gasteiger partial charge is 0.422 e. The van der Waals surface area contributed by atoms with Crippen molar-refractivity contribution in [2.75, 3.05) is 4.90 Å². The fraction of sp³-hybridized carbons (Fsp3) is 0. The number of H-pyrrole nitrogens is 1. The van der Waals surface area contributed by atoms with Gasteiger partial charge in [0.05, 0.1) is 11.7 Å². The standard InChI is InChI=1S/C12H8N4O4/c17-11(18)16(12(19)20)10-9-7(5-13-15-9)6-3-1-2-4-8(6)14-10/h1-5H,(H,13,15)(H,17,18)(H,19,20). The number of nitrogens with zero attached hydrogens (tertiary/aromatic N) is 3. The van der Waals surface area contributed by atoms with Gasteiger partial charge in [-0.3, -0.25) is 5.10 Å². The maximum absolute atomic E-state index is 11.1. The molecule has 2 aromatic heterocycles. The van der Waals surface area contributed by atoms with Crippen LogP contribution in [0.15, 0.2) is 30.5 Å². The molecule has 2 amide bonds. The minimum absolute atomic E-state index is 0.160. The first-order valence-electron chi connectivity index (χ1n) is 5.57. The zero-order valence-corrected chi connectivity index (χ0v) is 9.94. The summed E-state index contributed by atoms with van der Waals surface area (Å²) in [6, 6.07) is 7.02. The number of aromatic nitrogens is 3. The Kier molecular flexibility index (Phi) is 2.50. The van der Waals surface area contributed by atoms with Gasteiger partial charge in [-0.15, -0.1) is 0 Å². The van der Waals surface area contributed by atoms with Crippen molar-refractivity contribution >= 4 is 39.8 Å². The summed E-state index contributed by atoms with van der Waals surface area (Å²) < 4.78 is 0. The Labute approximate surface area is 111 Å². The van der Waals surface area contributed by atoms with Gasteiger partial charge in [-0.2, -0.15) is 10.00 Å². The van der Waals surface area contributed by atoms with Crippen LogP contribution in [0.3, 0.4) is 0 Å². The first kappa shape index (κ1) is 11.9. The molecular weight excluding hydrogens is 264 g/mol. The van der Waals surface area contributed by atoms with Gasteiger partial charge in [-0.1, -0.05) is 18.2 Å². The van der Waals surface area contributed by atoms with Gasteiger partial charge in [0.2, 0.25) is 0 Å². The molecule has 0 saturated heterocycles. The van der Waals surface area contributed by atoms with Crippen molar-refractivity contribution in [2.24, 2.45) is 0 Å². The molecule has 0 radical (unpaired) electrons. The van der Waals surface area contributed by atoms with Gasteiger partial charge < -0.3 is 10.2 Å². The van der Waals surface area contributed by atoms with Crippen LogP contribution in [0, 0.1) is 0 Å². The Balaban J connectivity index is 2.41. The number of imide groups is 1. The van der Waals surface area contributed by atoms with E-state index in [1.165, 1.54) is 6.20 Å². The van der Waals surface area contributed by atoms with Crippen molar-refractivity contribution in [2.45, 2.75) is 0 Å². The van der Waals surface area contributed by atoms with E-state index in [0.717, 1.165) is 5.39 Å². The molecule has 1 aromatic carbocycles. The molecule has 20 heavy (non-hydrogen) atoms. The molecule has 0 aliphatic carbocycles. The maximum atomic E-state index is 11.1. The molecule has 0 spiro atoms. The largest absolute Gasteiger partial charge is 0.464 e. The quantitative estimate of drug-likeness (QED) is 0.625. The summed E-state index contributed by atoms with van der Waals surface area (Å²) in [6.45, 7) is 0. The van der Waals surface area contributed by atoms with Crippen LogP contribution in [0.25, 0.3) is 21.8 Å². The van der Waals surface area contributed by atoms with Crippen molar-refractivity contribution in [3.05, 3.63) is 30.5 Å². The number of fused-ring (bicyclic) bond motifs is 3. The minimum Gasteiger partial charge on any atom is -0.464 e. The number of carbonyl (C=O) groups is 2. The van der Waals surface area contributed by atoms with Gasteiger partial charge in [-0.05, 0) is 6.07 Å². The number of aromatic amines is 1. The van der Waals surface area contributed by atoms with Crippen LogP contribution in [0.4, 0.5) is 15.4 Å². The predicted molar refractivity (Wildman–Crippen MR) is 69.9 cm³/mol. The number of carboxylic acid groups (broad SMARTS) is 2. The summed E-state index contributed by atoms with van der Waals surface area (Å²) in [7, 11) is 0. The first-order chi connectivity index (χ1) is 9.59. The van der Waals surface area contributed by atoms with Crippen LogP contribution in [-0.4, -0.2) is 37.6 Å². The molecule has 100 valence electrons. The van der Waals surface area contributed by atoms with E-state index in [9.17, 15) is 9.59 Å². The number of anilines is 1. The minimum atomic E-state index is -1.63. The highest BCUT2D eigenvalue weighted by Crippen LogP contribution is 2.29. The summed E-state index contributed by atoms with van der Waals surface area (Å²) in [5.41, 5.74) is 0.748. The monoisotopic (exact) mass is 272 g/mol. The molecule has 3 rings (SSSR count). The molecule has 3 N–H and O–H groups in total. The van der Waals surface area contributed by atoms with E-state index in [-0.39, 0.29) is 16.2 Å². The van der Waals surface area contributed by atoms with Crippen LogP contribution < -0.4 is 4.90 Å². The fourth-order valence-corrected chi connectivity index (χ4v) is 2.05. The molecule has 8 nitrogen and oxygen atoms in total. The highest BCUT2D eigenvalue weighted by atomic mass is 16.4. The number of benzene rings is 1. The lowest BCUT2D eigenvalue weighted by atomic mass is 10.1. The van der Waals surface area contributed by atoms with Crippen molar-refractivity contribution in [1.29, 1.82) is 0 Å². The third kappa shape index (κ3) is 1.62. The highest BCUT2D eigenvalue weighted by Gasteiger charge is 2.27. The fourth-order valence-electron chi connectivity index (χ4n) is 2.05. The second kappa shape index (κ2) is 4.19. The molecule has 0 saturated carbocycles. The zero-order chi connectivity index (χ0) is 14.3. The number of para-hydroxylation sites is 1. The van der Waals surface area contributed by atoms with Gasteiger partial charge in [0, 0.05) is 10.8 Å². The van der Waals surface area contributed by atoms with Crippen molar-refractivity contribution < 1.29 is 19.8 Å². The lowest BCUT2D eigenvalue weighted by Crippen LogP contribution is -2.35. The molecule has 0 bridgehead atoms. The number of nitrogens with one attached hydrogen (secondary N) is 1. The zero-order valence-electron chi connectivity index (χ0n) is 9.94. The third-order valence-electron chi connectivity index (χ3n) is 2.88. The summed E-state index contributed by atoms with van der Waals surface area (Å²) in [5.74, 6) is -0.212. The van der Waals surface area contributed by atoms with Crippen molar-refractivity contribution in [3.63, 3.8) is 0 Å². The van der Waals surface area contributed by atoms with Gasteiger partial charge >= 0.3 is 12.2 Å². The van der Waals surface area contributed by atoms with Crippen molar-refractivity contribution in [1.82, 2.24) is 15.2 Å². The summed E-state index contributed by atoms with van der Waals surface area (Å²) in [6.07, 6.45) is -1.75. The van der Waals surface area contributed by atoms with Gasteiger partial charge in [0.1, 0.15) is 5.52 Å². The van der Waals surface area contributed by atoms with Crippen LogP contribution in [0.1, 0.15) is 0 Å². The summed E-state index contributed by atoms with van der Waals surface area (Å²) >= 11 is 0. The third-order valence-corrected chi connectivity index (χ3v) is 2.88. The summed E-state index contributed by atoms with van der Waals surface area (Å²) in [5, 5.41) is 25.9. The van der Waals surface area contributed by atoms with Crippen LogP contribution in [0.2, 0.25) is 0 Å². The van der Waals surface area contributed by atoms with Crippen molar-refractivity contribution in [3.8, 4) is 0 Å². The second-order valence-electron chi connectivity index (χ2n) is 4.01. The Hall–Kier alpha value is -3.16. The lowest BCUT2D eigenvalue weighted by molar-refractivity contribution is 0.184. The van der Waals surface area contributed by atoms with Gasteiger partial charge in [0.25, 0.3) is 0 Å². The number of hydrogen-bond acceptors (Lipinski definition) is 4. The van der Waals surface area contributed by atoms with Gasteiger partial charge in [0.15, 0.2) is 5.82 Å². The average Bonchev–Trinajstić information content (AvgIpc) is 2.87. The van der Waals surface area contributed by atoms with E-state index in [2.05, 4.69) is 15.2 Å². The van der Waals surface area contributed by atoms with E-state index >= 15 is 0 Å². The second-order valence-corrected chi connectivity index (χ2v) is 4.01. The molecule has 0 fully saturated rings. The van der Waals surface area contributed by atoms with E-state index in [4.69, 9.17) is 10.2 Å². The van der Waals surface area contributed by atoms with Crippen LogP contribution >= 0.6 is 0 Å². The number of amides is 2. The Bertz CT molecular complexity index is 828. The Morgan fingerprint density at radius 3 is 2.50 bits per heavy atom. The molecule has 2 heterocycles. The Morgan fingerprint density at radius 2 is 1.80 bits per heavy atom. The summed E-state index contributed by atoms with van der Waals surface area (Å²) in [4.78, 5) is 26.5. The van der Waals surface area contributed by atoms with Crippen LogP contribution in [-0.2, 0) is 0 Å². The number of hydrogen-bond donors (Lipinski definition) is 3. The van der Waals surface area contributed by atoms with E-state index in [1.54, 1.807) is 18.2 Å². The molecule has 0 aliphatic heterocycles. The SMILES string of the molecule is O=C(O)N(C(=O)O)c1nc2ccccc2c2cn[nH]c12. The predicted octanol–water partition coefficient (Wildman–Crippen LogP) is 2.27. The maximum Gasteiger partial charge on any atom is 0.422 e. The van der Waals surface area contributed by atoms with E-state index in [0.29, 0.717) is 10.9 Å². The molecule has 8 heteroatoms. The number of pyridine rings is 1. The molecule has 3 aromatic rings. The highest BCUT2D eigenvalue weighted by molar-refractivity contribution is 6.16. The number of rotatable bonds is 1. The topological polar surface area (TPSA) is 119 Å². The van der Waals surface area contributed by atoms with Gasteiger partial charge in [-0.25, -0.2) is 14.6 Å². The van der Waals surface area contributed by atoms with Crippen LogP contribution in [0.5, 0.6) is 0 Å². The Morgan fingerprint density at radius 1 is 1.10 bits per heavy atom. The first-order valence-corrected chi connectivity index (χ1v) is 5.57. The van der Waals surface area contributed by atoms with E-state index in [1.807, 2.05) is 6.07 Å². The molecule has 0 aliphatic rings. The molecule has 0 atom stereocenters. The van der Waals surface area contributed by atoms with E-state index < -0.39 is 12.2 Å².